The van der Waals surface area contributed by atoms with Gasteiger partial charge in [-0.3, -0.25) is 14.4 Å². The molecule has 4 unspecified atom stereocenters. The topological polar surface area (TPSA) is 105 Å². The average molecular weight is 437 g/mol. The van der Waals surface area contributed by atoms with Gasteiger partial charge < -0.3 is 20.5 Å². The normalized spacial score (nSPS) is 25.1. The van der Waals surface area contributed by atoms with Crippen molar-refractivity contribution in [2.75, 3.05) is 6.54 Å². The number of carbonyl (C=O) groups excluding carboxylic acids is 2. The van der Waals surface area contributed by atoms with Crippen LogP contribution >= 0.6 is 0 Å². The van der Waals surface area contributed by atoms with E-state index >= 15 is 0 Å². The Morgan fingerprint density at radius 1 is 1.03 bits per heavy atom. The first kappa shape index (κ1) is 25.4. The molecule has 7 heteroatoms. The standard InChI is InChI=1S/C24H40N2O5/c1-4-5-8-12-21(27)26-24(2,3)23(30)25-16-18-17(19-14-15-20(18)31-19)11-9-6-7-10-13-22(28)29/h6,9,17-20H,4-5,7-8,10-16H2,1-3H3,(H,25,30)(H,26,27)(H,28,29)/b9-6+. The summed E-state index contributed by atoms with van der Waals surface area (Å²) in [6.07, 6.45) is 12.6. The molecule has 0 aromatic rings. The summed E-state index contributed by atoms with van der Waals surface area (Å²) in [7, 11) is 0. The maximum Gasteiger partial charge on any atom is 0.303 e. The Labute approximate surface area is 186 Å². The lowest BCUT2D eigenvalue weighted by Crippen LogP contribution is -2.55. The fourth-order valence-electron chi connectivity index (χ4n) is 4.66. The number of allylic oxidation sites excluding steroid dienone is 2. The van der Waals surface area contributed by atoms with Crippen LogP contribution in [0.4, 0.5) is 0 Å². The molecule has 0 aromatic heterocycles. The highest BCUT2D eigenvalue weighted by Gasteiger charge is 2.48. The van der Waals surface area contributed by atoms with E-state index in [9.17, 15) is 14.4 Å². The summed E-state index contributed by atoms with van der Waals surface area (Å²) in [5, 5.41) is 14.6. The second kappa shape index (κ2) is 12.2. The number of fused-ring (bicyclic) bond motifs is 2. The Hall–Kier alpha value is -1.89. The van der Waals surface area contributed by atoms with E-state index in [1.807, 2.05) is 0 Å². The molecule has 2 bridgehead atoms. The monoisotopic (exact) mass is 436 g/mol. The number of nitrogens with one attached hydrogen (secondary N) is 2. The first-order valence-corrected chi connectivity index (χ1v) is 11.9. The van der Waals surface area contributed by atoms with Crippen LogP contribution in [0.25, 0.3) is 0 Å². The van der Waals surface area contributed by atoms with E-state index in [1.165, 1.54) is 0 Å². The van der Waals surface area contributed by atoms with Gasteiger partial charge in [0.1, 0.15) is 5.54 Å². The first-order valence-electron chi connectivity index (χ1n) is 11.9. The van der Waals surface area contributed by atoms with Crippen LogP contribution in [0, 0.1) is 11.8 Å². The average Bonchev–Trinajstić information content (AvgIpc) is 3.30. The van der Waals surface area contributed by atoms with Gasteiger partial charge in [0.25, 0.3) is 0 Å². The van der Waals surface area contributed by atoms with Crippen molar-refractivity contribution in [2.45, 2.75) is 103 Å². The summed E-state index contributed by atoms with van der Waals surface area (Å²) in [6.45, 7) is 6.13. The second-order valence-electron chi connectivity index (χ2n) is 9.45. The molecule has 3 N–H and O–H groups in total. The highest BCUT2D eigenvalue weighted by molar-refractivity contribution is 5.90. The molecule has 0 spiro atoms. The number of carboxylic acid groups (broad SMARTS) is 1. The van der Waals surface area contributed by atoms with Crippen molar-refractivity contribution >= 4 is 17.8 Å². The van der Waals surface area contributed by atoms with E-state index in [0.717, 1.165) is 44.9 Å². The minimum absolute atomic E-state index is 0.0808. The largest absolute Gasteiger partial charge is 0.481 e. The van der Waals surface area contributed by atoms with Crippen molar-refractivity contribution in [1.82, 2.24) is 10.6 Å². The van der Waals surface area contributed by atoms with Gasteiger partial charge in [0, 0.05) is 25.3 Å². The molecule has 176 valence electrons. The SMILES string of the molecule is CCCCCC(=O)NC(C)(C)C(=O)NCC1C2CCC(O2)C1C/C=C/CCCC(=O)O. The van der Waals surface area contributed by atoms with Crippen LogP contribution in [0.5, 0.6) is 0 Å². The molecular weight excluding hydrogens is 396 g/mol. The Morgan fingerprint density at radius 2 is 1.74 bits per heavy atom. The molecule has 2 aliphatic rings. The molecule has 0 aromatic carbocycles. The molecule has 2 amide bonds. The van der Waals surface area contributed by atoms with Crippen molar-refractivity contribution in [3.8, 4) is 0 Å². The van der Waals surface area contributed by atoms with E-state index in [1.54, 1.807) is 13.8 Å². The van der Waals surface area contributed by atoms with Gasteiger partial charge in [-0.25, -0.2) is 0 Å². The number of rotatable bonds is 14. The summed E-state index contributed by atoms with van der Waals surface area (Å²) in [4.78, 5) is 35.5. The third kappa shape index (κ3) is 7.95. The maximum absolute atomic E-state index is 12.8. The Balaban J connectivity index is 1.80. The number of amides is 2. The van der Waals surface area contributed by atoms with Crippen LogP contribution in [0.2, 0.25) is 0 Å². The second-order valence-corrected chi connectivity index (χ2v) is 9.45. The van der Waals surface area contributed by atoms with Gasteiger partial charge in [0.2, 0.25) is 11.8 Å². The van der Waals surface area contributed by atoms with Gasteiger partial charge in [0.15, 0.2) is 0 Å². The van der Waals surface area contributed by atoms with Crippen LogP contribution in [-0.4, -0.2) is 47.2 Å². The molecule has 2 fully saturated rings. The van der Waals surface area contributed by atoms with Crippen LogP contribution in [-0.2, 0) is 19.1 Å². The molecule has 2 rings (SSSR count). The molecule has 0 radical (unpaired) electrons. The molecule has 0 aliphatic carbocycles. The summed E-state index contributed by atoms with van der Waals surface area (Å²) < 4.78 is 6.11. The summed E-state index contributed by atoms with van der Waals surface area (Å²) in [6, 6.07) is 0. The Morgan fingerprint density at radius 3 is 2.42 bits per heavy atom. The summed E-state index contributed by atoms with van der Waals surface area (Å²) in [5.74, 6) is -0.375. The van der Waals surface area contributed by atoms with Gasteiger partial charge in [0.05, 0.1) is 12.2 Å². The van der Waals surface area contributed by atoms with Crippen molar-refractivity contribution in [3.05, 3.63) is 12.2 Å². The quantitative estimate of drug-likeness (QED) is 0.285. The van der Waals surface area contributed by atoms with Gasteiger partial charge in [-0.2, -0.15) is 0 Å². The molecule has 31 heavy (non-hydrogen) atoms. The van der Waals surface area contributed by atoms with Gasteiger partial charge >= 0.3 is 5.97 Å². The van der Waals surface area contributed by atoms with Crippen molar-refractivity contribution in [2.24, 2.45) is 11.8 Å². The molecule has 0 saturated carbocycles. The predicted molar refractivity (Wildman–Crippen MR) is 119 cm³/mol. The van der Waals surface area contributed by atoms with Crippen LogP contribution in [0.3, 0.4) is 0 Å². The van der Waals surface area contributed by atoms with Gasteiger partial charge in [-0.1, -0.05) is 31.9 Å². The number of unbranched alkanes of at least 4 members (excludes halogenated alkanes) is 3. The summed E-state index contributed by atoms with van der Waals surface area (Å²) in [5.41, 5.74) is -0.943. The van der Waals surface area contributed by atoms with E-state index in [4.69, 9.17) is 9.84 Å². The smallest absolute Gasteiger partial charge is 0.303 e. The van der Waals surface area contributed by atoms with Crippen LogP contribution < -0.4 is 10.6 Å². The predicted octanol–water partition coefficient (Wildman–Crippen LogP) is 3.57. The highest BCUT2D eigenvalue weighted by Crippen LogP contribution is 2.44. The Bertz CT molecular complexity index is 646. The van der Waals surface area contributed by atoms with Crippen molar-refractivity contribution in [1.29, 1.82) is 0 Å². The zero-order valence-electron chi connectivity index (χ0n) is 19.3. The number of hydrogen-bond donors (Lipinski definition) is 3. The van der Waals surface area contributed by atoms with E-state index in [-0.39, 0.29) is 36.4 Å². The van der Waals surface area contributed by atoms with Crippen LogP contribution in [0.1, 0.15) is 85.0 Å². The highest BCUT2D eigenvalue weighted by atomic mass is 16.5. The number of aliphatic carboxylic acids is 1. The zero-order valence-corrected chi connectivity index (χ0v) is 19.3. The van der Waals surface area contributed by atoms with Crippen molar-refractivity contribution < 1.29 is 24.2 Å². The van der Waals surface area contributed by atoms with E-state index in [2.05, 4.69) is 29.7 Å². The Kier molecular flexibility index (Phi) is 10.0. The number of carboxylic acids is 1. The van der Waals surface area contributed by atoms with E-state index < -0.39 is 11.5 Å². The fraction of sp³-hybridized carbons (Fsp3) is 0.792. The number of hydrogen-bond acceptors (Lipinski definition) is 4. The number of ether oxygens (including phenoxy) is 1. The molecule has 7 nitrogen and oxygen atoms in total. The molecule has 2 saturated heterocycles. The summed E-state index contributed by atoms with van der Waals surface area (Å²) >= 11 is 0. The minimum Gasteiger partial charge on any atom is -0.481 e. The lowest BCUT2D eigenvalue weighted by molar-refractivity contribution is -0.137. The van der Waals surface area contributed by atoms with Gasteiger partial charge in [-0.15, -0.1) is 0 Å². The lowest BCUT2D eigenvalue weighted by Gasteiger charge is -2.30. The minimum atomic E-state index is -0.943. The molecule has 2 heterocycles. The molecular formula is C24H40N2O5. The fourth-order valence-corrected chi connectivity index (χ4v) is 4.66. The first-order chi connectivity index (χ1) is 14.7. The number of carbonyl (C=O) groups is 3. The zero-order chi connectivity index (χ0) is 22.9. The van der Waals surface area contributed by atoms with Crippen molar-refractivity contribution in [3.63, 3.8) is 0 Å². The molecule has 4 atom stereocenters. The van der Waals surface area contributed by atoms with Gasteiger partial charge in [-0.05, 0) is 58.3 Å². The third-order valence-electron chi connectivity index (χ3n) is 6.45. The van der Waals surface area contributed by atoms with E-state index in [0.29, 0.717) is 25.3 Å². The van der Waals surface area contributed by atoms with Crippen LogP contribution in [0.15, 0.2) is 12.2 Å². The molecule has 2 aliphatic heterocycles. The maximum atomic E-state index is 12.8. The third-order valence-corrected chi connectivity index (χ3v) is 6.45. The lowest BCUT2D eigenvalue weighted by atomic mass is 9.77.